The van der Waals surface area contributed by atoms with Gasteiger partial charge in [-0.15, -0.1) is 0 Å². The highest BCUT2D eigenvalue weighted by Crippen LogP contribution is 2.38. The number of pyridine rings is 1. The quantitative estimate of drug-likeness (QED) is 0.468. The summed E-state index contributed by atoms with van der Waals surface area (Å²) >= 11 is 6.22. The lowest BCUT2D eigenvalue weighted by Crippen LogP contribution is -2.48. The zero-order chi connectivity index (χ0) is 25.0. The Morgan fingerprint density at radius 1 is 1.25 bits per heavy atom. The van der Waals surface area contributed by atoms with Crippen molar-refractivity contribution < 1.29 is 18.3 Å². The zero-order valence-electron chi connectivity index (χ0n) is 19.3. The number of benzene rings is 1. The summed E-state index contributed by atoms with van der Waals surface area (Å²) in [6.45, 7) is 5.00. The number of carbonyl (C=O) groups is 1. The van der Waals surface area contributed by atoms with Crippen LogP contribution < -0.4 is 15.0 Å². The maximum absolute atomic E-state index is 15.1. The molecule has 1 aromatic carbocycles. The van der Waals surface area contributed by atoms with Crippen molar-refractivity contribution in [1.29, 1.82) is 0 Å². The van der Waals surface area contributed by atoms with Gasteiger partial charge >= 0.3 is 0 Å². The van der Waals surface area contributed by atoms with Crippen molar-refractivity contribution in [1.82, 2.24) is 19.9 Å². The summed E-state index contributed by atoms with van der Waals surface area (Å²) in [5.41, 5.74) is 0.656. The van der Waals surface area contributed by atoms with E-state index in [0.717, 1.165) is 19.3 Å². The Hall–Kier alpha value is -3.53. The van der Waals surface area contributed by atoms with Gasteiger partial charge in [-0.1, -0.05) is 18.2 Å². The zero-order valence-corrected chi connectivity index (χ0v) is 20.0. The van der Waals surface area contributed by atoms with Crippen molar-refractivity contribution in [3.63, 3.8) is 0 Å². The van der Waals surface area contributed by atoms with E-state index in [-0.39, 0.29) is 51.6 Å². The molecule has 1 aliphatic carbocycles. The monoisotopic (exact) mass is 512 g/mol. The van der Waals surface area contributed by atoms with E-state index in [2.05, 4.69) is 26.8 Å². The van der Waals surface area contributed by atoms with Crippen LogP contribution >= 0.6 is 11.6 Å². The normalized spacial score (nSPS) is 20.8. The molecule has 8 nitrogen and oxygen atoms in total. The van der Waals surface area contributed by atoms with Crippen LogP contribution in [0.4, 0.5) is 26.1 Å². The second-order valence-corrected chi connectivity index (χ2v) is 9.77. The number of carbonyl (C=O) groups excluding carboxylic acids is 1. The highest BCUT2D eigenvalue weighted by molar-refractivity contribution is 6.32. The van der Waals surface area contributed by atoms with Crippen molar-refractivity contribution in [3.05, 3.63) is 53.8 Å². The number of amides is 1. The second-order valence-electron chi connectivity index (χ2n) is 9.39. The Labute approximate surface area is 210 Å². The summed E-state index contributed by atoms with van der Waals surface area (Å²) in [6.07, 6.45) is 5.51. The molecule has 2 aliphatic heterocycles. The third-order valence-corrected chi connectivity index (χ3v) is 7.34. The van der Waals surface area contributed by atoms with E-state index < -0.39 is 11.6 Å². The molecular formula is C25H23ClF2N6O2. The molecule has 0 unspecified atom stereocenters. The van der Waals surface area contributed by atoms with Gasteiger partial charge in [-0.3, -0.25) is 4.79 Å². The van der Waals surface area contributed by atoms with Crippen LogP contribution in [-0.4, -0.2) is 57.5 Å². The predicted molar refractivity (Wildman–Crippen MR) is 132 cm³/mol. The van der Waals surface area contributed by atoms with Crippen molar-refractivity contribution in [2.75, 3.05) is 29.9 Å². The molecule has 1 N–H and O–H groups in total. The Bertz CT molecular complexity index is 1380. The fraction of sp³-hybridized carbons (Fsp3) is 0.360. The van der Waals surface area contributed by atoms with Gasteiger partial charge in [0.15, 0.2) is 23.3 Å². The highest BCUT2D eigenvalue weighted by atomic mass is 35.5. The van der Waals surface area contributed by atoms with Gasteiger partial charge in [-0.05, 0) is 43.4 Å². The van der Waals surface area contributed by atoms with Gasteiger partial charge < -0.3 is 19.9 Å². The SMILES string of the molecule is C=CC(=O)N1C[C@@H]2C[C@H]1CN2c1nc2c(Nc3ccc(OCC4CC4)c(Cl)c3F)ncnc2cc1F. The average Bonchev–Trinajstić information content (AvgIpc) is 3.49. The molecule has 11 heteroatoms. The fourth-order valence-electron chi connectivity index (χ4n) is 4.92. The summed E-state index contributed by atoms with van der Waals surface area (Å²) in [7, 11) is 0. The van der Waals surface area contributed by atoms with Crippen LogP contribution in [0.3, 0.4) is 0 Å². The number of nitrogens with one attached hydrogen (secondary N) is 1. The van der Waals surface area contributed by atoms with Crippen LogP contribution in [0.15, 0.2) is 37.2 Å². The molecule has 2 bridgehead atoms. The van der Waals surface area contributed by atoms with E-state index in [1.165, 1.54) is 24.5 Å². The molecule has 2 atom stereocenters. The van der Waals surface area contributed by atoms with Crippen molar-refractivity contribution in [3.8, 4) is 5.75 Å². The van der Waals surface area contributed by atoms with Gasteiger partial charge in [0, 0.05) is 19.2 Å². The molecule has 3 fully saturated rings. The number of hydrogen-bond acceptors (Lipinski definition) is 7. The number of likely N-dealkylation sites (tertiary alicyclic amines) is 1. The lowest BCUT2D eigenvalue weighted by molar-refractivity contribution is -0.127. The first-order valence-electron chi connectivity index (χ1n) is 11.8. The third-order valence-electron chi connectivity index (χ3n) is 6.99. The van der Waals surface area contributed by atoms with Gasteiger partial charge in [0.2, 0.25) is 5.91 Å². The maximum Gasteiger partial charge on any atom is 0.246 e. The van der Waals surface area contributed by atoms with Crippen molar-refractivity contribution >= 4 is 45.9 Å². The van der Waals surface area contributed by atoms with Crippen LogP contribution in [0.1, 0.15) is 19.3 Å². The second kappa shape index (κ2) is 8.85. The van der Waals surface area contributed by atoms with E-state index in [0.29, 0.717) is 31.1 Å². The number of aromatic nitrogens is 3. The molecule has 3 aliphatic rings. The molecule has 6 rings (SSSR count). The molecule has 0 spiro atoms. The van der Waals surface area contributed by atoms with Crippen LogP contribution in [0.25, 0.3) is 11.0 Å². The largest absolute Gasteiger partial charge is 0.492 e. The van der Waals surface area contributed by atoms with E-state index >= 15 is 8.78 Å². The Kier molecular flexibility index (Phi) is 5.63. The van der Waals surface area contributed by atoms with Crippen LogP contribution in [0.5, 0.6) is 5.75 Å². The van der Waals surface area contributed by atoms with Gasteiger partial charge in [-0.25, -0.2) is 23.7 Å². The molecular weight excluding hydrogens is 490 g/mol. The molecule has 0 radical (unpaired) electrons. The van der Waals surface area contributed by atoms with Crippen molar-refractivity contribution in [2.24, 2.45) is 5.92 Å². The first-order chi connectivity index (χ1) is 17.4. The lowest BCUT2D eigenvalue weighted by atomic mass is 10.2. The number of fused-ring (bicyclic) bond motifs is 3. The van der Waals surface area contributed by atoms with Gasteiger partial charge in [-0.2, -0.15) is 0 Å². The lowest BCUT2D eigenvalue weighted by Gasteiger charge is -2.34. The Morgan fingerprint density at radius 3 is 2.81 bits per heavy atom. The minimum atomic E-state index is -0.678. The van der Waals surface area contributed by atoms with Crippen molar-refractivity contribution in [2.45, 2.75) is 31.3 Å². The van der Waals surface area contributed by atoms with E-state index in [9.17, 15) is 4.79 Å². The molecule has 3 aromatic rings. The van der Waals surface area contributed by atoms with Crippen LogP contribution in [-0.2, 0) is 4.79 Å². The van der Waals surface area contributed by atoms with E-state index in [4.69, 9.17) is 16.3 Å². The number of halogens is 3. The standard InChI is InChI=1S/C25H23ClF2N6O2/c1-2-20(35)33-9-15-7-14(33)10-34(15)25-16(27)8-18-23(32-25)24(30-12-29-18)31-17-5-6-19(21(26)22(17)28)36-11-13-3-4-13/h2,5-6,8,12-15H,1,3-4,7,9-11H2,(H,29,30,31)/t14-,15-/m0/s1. The average molecular weight is 513 g/mol. The van der Waals surface area contributed by atoms with E-state index in [1.807, 2.05) is 4.90 Å². The molecule has 2 aromatic heterocycles. The first kappa shape index (κ1) is 22.9. The predicted octanol–water partition coefficient (Wildman–Crippen LogP) is 4.46. The Balaban J connectivity index is 1.29. The minimum absolute atomic E-state index is 0.0288. The molecule has 4 heterocycles. The number of rotatable bonds is 7. The number of hydrogen-bond donors (Lipinski definition) is 1. The Morgan fingerprint density at radius 2 is 2.08 bits per heavy atom. The summed E-state index contributed by atoms with van der Waals surface area (Å²) in [4.78, 5) is 28.6. The minimum Gasteiger partial charge on any atom is -0.492 e. The number of anilines is 3. The topological polar surface area (TPSA) is 83.5 Å². The summed E-state index contributed by atoms with van der Waals surface area (Å²) in [5, 5.41) is 2.81. The van der Waals surface area contributed by atoms with Gasteiger partial charge in [0.25, 0.3) is 0 Å². The maximum atomic E-state index is 15.1. The van der Waals surface area contributed by atoms with E-state index in [1.54, 1.807) is 11.0 Å². The first-order valence-corrected chi connectivity index (χ1v) is 12.2. The summed E-state index contributed by atoms with van der Waals surface area (Å²) < 4.78 is 35.8. The molecule has 2 saturated heterocycles. The molecule has 186 valence electrons. The van der Waals surface area contributed by atoms with Gasteiger partial charge in [0.05, 0.1) is 29.9 Å². The smallest absolute Gasteiger partial charge is 0.246 e. The van der Waals surface area contributed by atoms with Crippen LogP contribution in [0, 0.1) is 17.6 Å². The van der Waals surface area contributed by atoms with Gasteiger partial charge in [0.1, 0.15) is 22.6 Å². The number of ether oxygens (including phenoxy) is 1. The molecule has 1 amide bonds. The number of nitrogens with zero attached hydrogens (tertiary/aromatic N) is 5. The third kappa shape index (κ3) is 3.99. The summed E-state index contributed by atoms with van der Waals surface area (Å²) in [5.74, 6) is -0.160. The fourth-order valence-corrected chi connectivity index (χ4v) is 5.14. The number of piperazine rings is 1. The summed E-state index contributed by atoms with van der Waals surface area (Å²) in [6, 6.07) is 4.33. The van der Waals surface area contributed by atoms with Crippen LogP contribution in [0.2, 0.25) is 5.02 Å². The highest BCUT2D eigenvalue weighted by Gasteiger charge is 2.46. The molecule has 1 saturated carbocycles. The molecule has 36 heavy (non-hydrogen) atoms.